The van der Waals surface area contributed by atoms with Crippen molar-refractivity contribution in [2.24, 2.45) is 50.2 Å². The third kappa shape index (κ3) is 2.46. The number of aliphatic carboxylic acids is 1. The lowest BCUT2D eigenvalue weighted by Crippen LogP contribution is -2.73. The molecule has 7 rings (SSSR count). The van der Waals surface area contributed by atoms with Gasteiger partial charge in [0.1, 0.15) is 0 Å². The Hall–Kier alpha value is -0.870. The number of hydrogen-bond acceptors (Lipinski definition) is 3. The lowest BCUT2D eigenvalue weighted by atomic mass is 9.32. The van der Waals surface area contributed by atoms with Gasteiger partial charge >= 0.3 is 5.97 Å². The number of rotatable bonds is 1. The number of carboxylic acids is 1. The van der Waals surface area contributed by atoms with Gasteiger partial charge in [0.05, 0.1) is 12.0 Å². The molecule has 2 saturated heterocycles. The van der Waals surface area contributed by atoms with Gasteiger partial charge < -0.3 is 14.9 Å². The molecule has 5 aliphatic carbocycles. The molecule has 2 heterocycles. The van der Waals surface area contributed by atoms with Gasteiger partial charge in [0, 0.05) is 17.3 Å². The molecule has 0 amide bonds. The highest BCUT2D eigenvalue weighted by atomic mass is 16.6. The van der Waals surface area contributed by atoms with Crippen LogP contribution in [-0.4, -0.2) is 28.6 Å². The van der Waals surface area contributed by atoms with E-state index in [0.717, 1.165) is 57.8 Å². The molecule has 7 aliphatic rings. The van der Waals surface area contributed by atoms with Crippen molar-refractivity contribution in [2.75, 3.05) is 6.61 Å². The van der Waals surface area contributed by atoms with E-state index in [1.807, 2.05) is 0 Å². The van der Waals surface area contributed by atoms with Crippen LogP contribution in [-0.2, 0) is 9.53 Å². The van der Waals surface area contributed by atoms with Gasteiger partial charge in [0.25, 0.3) is 0 Å². The van der Waals surface area contributed by atoms with E-state index in [9.17, 15) is 15.0 Å². The standard InChI is InChI=1S/C30H46O4/c1-24(2)11-13-28(23(31)32)14-12-26(5)19(20(28)17-24)7-8-22-27(26,6)10-9-21-25(3,4)30(33)16-15-29(21,22)18-34-30/h7,20-22,33H,8-18H2,1-6H3,(H,31,32)/t20?,21?,22?,26-,27-,28+,29-,30-/m1/s1. The molecule has 4 nitrogen and oxygen atoms in total. The minimum absolute atomic E-state index is 0.0437. The van der Waals surface area contributed by atoms with Gasteiger partial charge in [-0.3, -0.25) is 4.79 Å². The van der Waals surface area contributed by atoms with Crippen LogP contribution in [0.15, 0.2) is 11.6 Å². The molecule has 2 bridgehead atoms. The van der Waals surface area contributed by atoms with Gasteiger partial charge in [-0.05, 0) is 91.8 Å². The summed E-state index contributed by atoms with van der Waals surface area (Å²) in [6.07, 6.45) is 12.3. The van der Waals surface area contributed by atoms with E-state index in [2.05, 4.69) is 47.6 Å². The molecule has 34 heavy (non-hydrogen) atoms. The van der Waals surface area contributed by atoms with Crippen LogP contribution < -0.4 is 0 Å². The van der Waals surface area contributed by atoms with E-state index < -0.39 is 17.2 Å². The van der Waals surface area contributed by atoms with Crippen molar-refractivity contribution in [3.05, 3.63) is 11.6 Å². The summed E-state index contributed by atoms with van der Waals surface area (Å²) in [5, 5.41) is 21.9. The summed E-state index contributed by atoms with van der Waals surface area (Å²) >= 11 is 0. The molecular weight excluding hydrogens is 424 g/mol. The first-order valence-electron chi connectivity index (χ1n) is 14.0. The van der Waals surface area contributed by atoms with Crippen molar-refractivity contribution in [2.45, 2.75) is 112 Å². The lowest BCUT2D eigenvalue weighted by molar-refractivity contribution is -0.395. The Labute approximate surface area is 205 Å². The van der Waals surface area contributed by atoms with Crippen molar-refractivity contribution in [3.63, 3.8) is 0 Å². The molecule has 2 aliphatic heterocycles. The van der Waals surface area contributed by atoms with Gasteiger partial charge in [0.15, 0.2) is 5.79 Å². The molecule has 1 spiro atoms. The van der Waals surface area contributed by atoms with E-state index in [-0.39, 0.29) is 33.0 Å². The van der Waals surface area contributed by atoms with E-state index >= 15 is 0 Å². The fraction of sp³-hybridized carbons (Fsp3) is 0.900. The maximum atomic E-state index is 12.8. The van der Waals surface area contributed by atoms with Crippen LogP contribution in [0.1, 0.15) is 106 Å². The number of fused-ring (bicyclic) bond motifs is 7. The van der Waals surface area contributed by atoms with Crippen molar-refractivity contribution in [1.82, 2.24) is 0 Å². The second-order valence-corrected chi connectivity index (χ2v) is 15.2. The Morgan fingerprint density at radius 3 is 2.29 bits per heavy atom. The Morgan fingerprint density at radius 1 is 0.941 bits per heavy atom. The second kappa shape index (κ2) is 6.52. The number of carboxylic acid groups (broad SMARTS) is 1. The molecule has 4 heteroatoms. The quantitative estimate of drug-likeness (QED) is 0.425. The predicted molar refractivity (Wildman–Crippen MR) is 132 cm³/mol. The zero-order valence-corrected chi connectivity index (χ0v) is 22.3. The largest absolute Gasteiger partial charge is 0.481 e. The number of hydrogen-bond donors (Lipinski definition) is 2. The van der Waals surface area contributed by atoms with Gasteiger partial charge in [0.2, 0.25) is 0 Å². The summed E-state index contributed by atoms with van der Waals surface area (Å²) in [6, 6.07) is 0. The number of carbonyl (C=O) groups is 1. The SMILES string of the molecule is CC1(C)CC[C@]2(C(=O)O)CC[C@]3(C)C(=CCC4[C@]56CC[C@@](O)(OC5)C(C)(C)C6CC[C@]43C)C2C1. The van der Waals surface area contributed by atoms with Gasteiger partial charge in [-0.15, -0.1) is 0 Å². The summed E-state index contributed by atoms with van der Waals surface area (Å²) in [7, 11) is 0. The Bertz CT molecular complexity index is 953. The molecule has 6 fully saturated rings. The third-order valence-electron chi connectivity index (χ3n) is 13.5. The summed E-state index contributed by atoms with van der Waals surface area (Å²) < 4.78 is 6.32. The van der Waals surface area contributed by atoms with Crippen LogP contribution >= 0.6 is 0 Å². The molecule has 0 aromatic heterocycles. The highest BCUT2D eigenvalue weighted by Crippen LogP contribution is 2.77. The Balaban J connectivity index is 1.46. The van der Waals surface area contributed by atoms with E-state index in [1.54, 1.807) is 0 Å². The molecule has 4 saturated carbocycles. The van der Waals surface area contributed by atoms with Crippen LogP contribution in [0.25, 0.3) is 0 Å². The van der Waals surface area contributed by atoms with Crippen LogP contribution in [0, 0.1) is 50.2 Å². The summed E-state index contributed by atoms with van der Waals surface area (Å²) in [5.74, 6) is -0.354. The molecule has 190 valence electrons. The minimum Gasteiger partial charge on any atom is -0.481 e. The van der Waals surface area contributed by atoms with Crippen LogP contribution in [0.4, 0.5) is 0 Å². The molecular formula is C30H46O4. The molecule has 0 aromatic carbocycles. The maximum absolute atomic E-state index is 12.8. The van der Waals surface area contributed by atoms with Gasteiger partial charge in [-0.1, -0.05) is 53.2 Å². The molecule has 2 N–H and O–H groups in total. The third-order valence-corrected chi connectivity index (χ3v) is 13.5. The van der Waals surface area contributed by atoms with Gasteiger partial charge in [-0.2, -0.15) is 0 Å². The minimum atomic E-state index is -0.980. The van der Waals surface area contributed by atoms with Crippen LogP contribution in [0.3, 0.4) is 0 Å². The lowest BCUT2D eigenvalue weighted by Gasteiger charge is -2.74. The Morgan fingerprint density at radius 2 is 1.65 bits per heavy atom. The monoisotopic (exact) mass is 470 g/mol. The van der Waals surface area contributed by atoms with E-state index in [0.29, 0.717) is 18.4 Å². The molecule has 3 unspecified atom stereocenters. The highest BCUT2D eigenvalue weighted by molar-refractivity contribution is 5.76. The fourth-order valence-electron chi connectivity index (χ4n) is 11.0. The first-order valence-corrected chi connectivity index (χ1v) is 14.0. The summed E-state index contributed by atoms with van der Waals surface area (Å²) in [4.78, 5) is 12.8. The van der Waals surface area contributed by atoms with Crippen LogP contribution in [0.5, 0.6) is 0 Å². The van der Waals surface area contributed by atoms with Crippen molar-refractivity contribution in [3.8, 4) is 0 Å². The Kier molecular flexibility index (Phi) is 4.51. The molecule has 0 aromatic rings. The summed E-state index contributed by atoms with van der Waals surface area (Å²) in [6.45, 7) is 14.9. The van der Waals surface area contributed by atoms with Crippen molar-refractivity contribution < 1.29 is 19.7 Å². The van der Waals surface area contributed by atoms with Crippen LogP contribution in [0.2, 0.25) is 0 Å². The normalized spacial score (nSPS) is 54.7. The van der Waals surface area contributed by atoms with E-state index in [4.69, 9.17) is 4.74 Å². The second-order valence-electron chi connectivity index (χ2n) is 15.2. The molecule has 8 atom stereocenters. The number of ether oxygens (including phenoxy) is 1. The highest BCUT2D eigenvalue weighted by Gasteiger charge is 2.74. The summed E-state index contributed by atoms with van der Waals surface area (Å²) in [5.41, 5.74) is 1.20. The zero-order valence-electron chi connectivity index (χ0n) is 22.3. The van der Waals surface area contributed by atoms with E-state index in [1.165, 1.54) is 12.0 Å². The fourth-order valence-corrected chi connectivity index (χ4v) is 11.0. The molecule has 0 radical (unpaired) electrons. The average molecular weight is 471 g/mol. The first-order chi connectivity index (χ1) is 15.7. The predicted octanol–water partition coefficient (Wildman–Crippen LogP) is 6.57. The topological polar surface area (TPSA) is 66.8 Å². The van der Waals surface area contributed by atoms with Crippen molar-refractivity contribution in [1.29, 1.82) is 0 Å². The first kappa shape index (κ1) is 23.5. The van der Waals surface area contributed by atoms with Gasteiger partial charge in [-0.25, -0.2) is 0 Å². The number of allylic oxidation sites excluding steroid dienone is 2. The smallest absolute Gasteiger partial charge is 0.310 e. The number of aliphatic hydroxyl groups is 1. The van der Waals surface area contributed by atoms with Crippen molar-refractivity contribution >= 4 is 5.97 Å². The average Bonchev–Trinajstić information content (AvgIpc) is 2.75. The zero-order chi connectivity index (χ0) is 24.6. The maximum Gasteiger partial charge on any atom is 0.310 e.